The highest BCUT2D eigenvalue weighted by molar-refractivity contribution is 6.39. The van der Waals surface area contributed by atoms with E-state index in [1.54, 1.807) is 72.8 Å². The summed E-state index contributed by atoms with van der Waals surface area (Å²) >= 11 is 6.00. The molecule has 0 radical (unpaired) electrons. The Morgan fingerprint density at radius 1 is 0.258 bits per heavy atom. The van der Waals surface area contributed by atoms with E-state index in [0.29, 0.717) is 71.8 Å². The fourth-order valence-corrected chi connectivity index (χ4v) is 14.2. The number of aliphatic hydroxyl groups is 2. The highest BCUT2D eigenvalue weighted by Gasteiger charge is 2.52. The summed E-state index contributed by atoms with van der Waals surface area (Å²) < 4.78 is 0. The Labute approximate surface area is 566 Å². The number of halogens is 1. The number of hydrogen-bond acceptors (Lipinski definition) is 6. The second-order valence-electron chi connectivity index (χ2n) is 24.4. The van der Waals surface area contributed by atoms with Crippen LogP contribution in [0.4, 0.5) is 0 Å². The molecule has 7 heteroatoms. The first-order chi connectivity index (χ1) is 47.4. The van der Waals surface area contributed by atoms with Crippen LogP contribution in [0.1, 0.15) is 119 Å². The van der Waals surface area contributed by atoms with Crippen LogP contribution in [0.15, 0.2) is 322 Å². The average molecular weight is 1270 g/mol. The quantitative estimate of drug-likeness (QED) is 0.147. The highest BCUT2D eigenvalue weighted by Crippen LogP contribution is 2.56. The van der Waals surface area contributed by atoms with Gasteiger partial charge in [-0.2, -0.15) is 0 Å². The number of hydrogen-bond donors (Lipinski definition) is 2. The second-order valence-corrected chi connectivity index (χ2v) is 24.8. The summed E-state index contributed by atoms with van der Waals surface area (Å²) in [7, 11) is 0. The van der Waals surface area contributed by atoms with E-state index in [1.807, 2.05) is 146 Å². The van der Waals surface area contributed by atoms with Crippen LogP contribution in [0.5, 0.6) is 0 Å². The second kappa shape index (κ2) is 25.7. The minimum Gasteiger partial charge on any atom is -0.376 e. The normalized spacial score (nSPS) is 15.7. The van der Waals surface area contributed by atoms with Crippen molar-refractivity contribution in [2.75, 3.05) is 0 Å². The Morgan fingerprint density at radius 2 is 0.608 bits per heavy atom. The average Bonchev–Trinajstić information content (AvgIpc) is 0.687. The first-order valence-corrected chi connectivity index (χ1v) is 32.5. The molecule has 14 aromatic carbocycles. The van der Waals surface area contributed by atoms with Crippen molar-refractivity contribution < 1.29 is 29.4 Å². The number of fused-ring (bicyclic) bond motifs is 8. The molecular formula is C90H59ClO6. The third kappa shape index (κ3) is 11.1. The molecule has 0 heterocycles. The van der Waals surface area contributed by atoms with Crippen molar-refractivity contribution in [3.63, 3.8) is 0 Å². The zero-order chi connectivity index (χ0) is 66.2. The van der Waals surface area contributed by atoms with E-state index in [2.05, 4.69) is 127 Å². The van der Waals surface area contributed by atoms with Gasteiger partial charge in [0, 0.05) is 44.5 Å². The molecule has 14 aromatic rings. The summed E-state index contributed by atoms with van der Waals surface area (Å²) in [5.74, 6) is -0.490. The van der Waals surface area contributed by atoms with Crippen molar-refractivity contribution in [3.05, 3.63) is 427 Å². The molecule has 0 saturated carbocycles. The van der Waals surface area contributed by atoms with E-state index in [4.69, 9.17) is 11.6 Å². The van der Waals surface area contributed by atoms with Gasteiger partial charge in [-0.05, 0) is 124 Å². The molecule has 17 rings (SSSR count). The molecule has 2 N–H and O–H groups in total. The lowest BCUT2D eigenvalue weighted by Crippen LogP contribution is -2.44. The van der Waals surface area contributed by atoms with Crippen LogP contribution in [0.3, 0.4) is 0 Å². The van der Waals surface area contributed by atoms with E-state index in [-0.39, 0.29) is 23.1 Å². The molecule has 0 amide bonds. The van der Waals surface area contributed by atoms with Gasteiger partial charge < -0.3 is 10.2 Å². The lowest BCUT2D eigenvalue weighted by molar-refractivity contribution is 0.0752. The van der Waals surface area contributed by atoms with Crippen LogP contribution >= 0.6 is 11.6 Å². The Hall–Kier alpha value is -12.0. The van der Waals surface area contributed by atoms with Gasteiger partial charge in [-0.3, -0.25) is 19.2 Å². The number of carbonyl (C=O) groups excluding carboxylic acids is 4. The smallest absolute Gasteiger partial charge is 0.196 e. The molecule has 0 aliphatic heterocycles. The molecule has 2 unspecified atom stereocenters. The van der Waals surface area contributed by atoms with Crippen molar-refractivity contribution in [1.82, 2.24) is 0 Å². The monoisotopic (exact) mass is 1270 g/mol. The lowest BCUT2D eigenvalue weighted by Gasteiger charge is -2.46. The van der Waals surface area contributed by atoms with E-state index in [0.717, 1.165) is 77.2 Å². The van der Waals surface area contributed by atoms with E-state index >= 15 is 0 Å². The van der Waals surface area contributed by atoms with Crippen molar-refractivity contribution in [2.24, 2.45) is 0 Å². The van der Waals surface area contributed by atoms with Crippen LogP contribution in [-0.4, -0.2) is 33.3 Å². The number of rotatable bonds is 8. The van der Waals surface area contributed by atoms with E-state index < -0.39 is 11.2 Å². The molecule has 2 atom stereocenters. The third-order valence-electron chi connectivity index (χ3n) is 18.6. The SMILES string of the molecule is O=C1c2ccccc2C(=O)c2c(Cl)cccc21.O=C1c2ccccc2C(=O)c2c1cccc2-c1ccc2ccccc2c1.OC1(c2cccc(/C=C/c3ccccc3)c2)c2ccccc2C(O)(c2cccc(/C=C/c3ccccc3)c2)c2c(-c3ccc4ccccc4c3)cccc21. The topological polar surface area (TPSA) is 109 Å². The van der Waals surface area contributed by atoms with Crippen molar-refractivity contribution in [1.29, 1.82) is 0 Å². The van der Waals surface area contributed by atoms with Gasteiger partial charge in [0.25, 0.3) is 0 Å². The first-order valence-electron chi connectivity index (χ1n) is 32.1. The minimum atomic E-state index is -1.61. The van der Waals surface area contributed by atoms with Gasteiger partial charge in [0.2, 0.25) is 0 Å². The van der Waals surface area contributed by atoms with Gasteiger partial charge in [-0.1, -0.05) is 327 Å². The molecule has 3 aliphatic carbocycles. The van der Waals surface area contributed by atoms with Crippen LogP contribution in [0.25, 0.3) is 68.1 Å². The lowest BCUT2D eigenvalue weighted by atomic mass is 9.62. The van der Waals surface area contributed by atoms with Gasteiger partial charge in [-0.25, -0.2) is 0 Å². The van der Waals surface area contributed by atoms with Crippen molar-refractivity contribution in [2.45, 2.75) is 11.2 Å². The maximum Gasteiger partial charge on any atom is 0.196 e. The van der Waals surface area contributed by atoms with Gasteiger partial charge >= 0.3 is 0 Å². The van der Waals surface area contributed by atoms with Crippen LogP contribution in [0, 0.1) is 0 Å². The van der Waals surface area contributed by atoms with Gasteiger partial charge in [0.1, 0.15) is 11.2 Å². The van der Waals surface area contributed by atoms with Crippen LogP contribution in [0.2, 0.25) is 5.02 Å². The Kier molecular flexibility index (Phi) is 16.2. The van der Waals surface area contributed by atoms with Gasteiger partial charge in [0.05, 0.1) is 10.6 Å². The van der Waals surface area contributed by atoms with Crippen LogP contribution in [-0.2, 0) is 11.2 Å². The highest BCUT2D eigenvalue weighted by atomic mass is 35.5. The summed E-state index contributed by atoms with van der Waals surface area (Å²) in [5.41, 5.74) is 12.1. The number of benzene rings is 14. The standard InChI is InChI=1S/C52H38O2.C24H14O2.C14H7ClO2/c53-51(44-22-11-18-39(34-44)30-28-37-14-3-1-4-15-37)47-25-9-10-26-48(47)52(54,45-23-12-19-40(35-45)31-29-38-16-5-2-6-17-38)50-46(24-13-27-49(50)51)43-33-32-41-20-7-8-21-42(41)36-43;25-23-19-8-3-4-9-20(19)24(26)22-18(10-5-11-21(22)23)17-13-12-15-6-1-2-7-16(15)14-17;15-11-7-3-6-10-12(11)14(17)9-5-2-1-4-8(9)13(10)16/h1-36,53-54H;1-14H;1-7H/b30-28+,31-29+;;. The molecule has 97 heavy (non-hydrogen) atoms. The first kappa shape index (κ1) is 61.2. The molecule has 0 fully saturated rings. The molecule has 0 aromatic heterocycles. The van der Waals surface area contributed by atoms with E-state index in [1.165, 1.54) is 0 Å². The molecule has 3 aliphatic rings. The largest absolute Gasteiger partial charge is 0.376 e. The predicted molar refractivity (Wildman–Crippen MR) is 391 cm³/mol. The Morgan fingerprint density at radius 3 is 1.15 bits per heavy atom. The van der Waals surface area contributed by atoms with E-state index in [9.17, 15) is 29.4 Å². The summed E-state index contributed by atoms with van der Waals surface area (Å²) in [6.45, 7) is 0. The summed E-state index contributed by atoms with van der Waals surface area (Å²) in [6, 6.07) is 104. The molecule has 462 valence electrons. The molecule has 6 nitrogen and oxygen atoms in total. The van der Waals surface area contributed by atoms with Crippen molar-refractivity contribution in [3.8, 4) is 22.3 Å². The minimum absolute atomic E-state index is 0.0843. The molecule has 0 saturated heterocycles. The Balaban J connectivity index is 0.000000146. The zero-order valence-corrected chi connectivity index (χ0v) is 53.1. The summed E-state index contributed by atoms with van der Waals surface area (Å²) in [5, 5.41) is 32.0. The predicted octanol–water partition coefficient (Wildman–Crippen LogP) is 20.1. The zero-order valence-electron chi connectivity index (χ0n) is 52.3. The molecule has 0 bridgehead atoms. The number of ketones is 4. The fraction of sp³-hybridized carbons (Fsp3) is 0.0222. The van der Waals surface area contributed by atoms with Gasteiger partial charge in [-0.15, -0.1) is 0 Å². The third-order valence-corrected chi connectivity index (χ3v) is 19.0. The van der Waals surface area contributed by atoms with Crippen LogP contribution < -0.4 is 0 Å². The molecule has 0 spiro atoms. The maximum atomic E-state index is 13.7. The van der Waals surface area contributed by atoms with Gasteiger partial charge in [0.15, 0.2) is 23.1 Å². The van der Waals surface area contributed by atoms with Crippen molar-refractivity contribution >= 4 is 80.6 Å². The number of carbonyl (C=O) groups is 4. The summed E-state index contributed by atoms with van der Waals surface area (Å²) in [4.78, 5) is 50.5. The fourth-order valence-electron chi connectivity index (χ4n) is 13.9. The maximum absolute atomic E-state index is 13.7. The molecular weight excluding hydrogens is 1210 g/mol. The Bertz CT molecular complexity index is 5550. The summed E-state index contributed by atoms with van der Waals surface area (Å²) in [6.07, 6.45) is 8.33.